The van der Waals surface area contributed by atoms with Crippen LogP contribution in [-0.4, -0.2) is 37.1 Å². The third kappa shape index (κ3) is 4.71. The number of hydrogen-bond donors (Lipinski definition) is 1. The maximum absolute atomic E-state index is 12.6. The maximum atomic E-state index is 12.6. The number of halogens is 1. The first-order valence-corrected chi connectivity index (χ1v) is 10.9. The number of anilines is 2. The fraction of sp³-hybridized carbons (Fsp3) is 0.273. The van der Waals surface area contributed by atoms with Crippen molar-refractivity contribution in [1.29, 1.82) is 0 Å². The van der Waals surface area contributed by atoms with E-state index in [4.69, 9.17) is 11.6 Å². The normalized spacial score (nSPS) is 15.2. The summed E-state index contributed by atoms with van der Waals surface area (Å²) in [4.78, 5) is 21.7. The lowest BCUT2D eigenvalue weighted by atomic mass is 10.1. The van der Waals surface area contributed by atoms with Crippen LogP contribution in [0.2, 0.25) is 5.02 Å². The number of nitrogens with one attached hydrogen (secondary N) is 1. The molecule has 1 amide bonds. The number of amides is 1. The van der Waals surface area contributed by atoms with Crippen molar-refractivity contribution in [3.8, 4) is 0 Å². The second kappa shape index (κ2) is 8.84. The number of piperazine rings is 1. The Morgan fingerprint density at radius 1 is 1.07 bits per heavy atom. The van der Waals surface area contributed by atoms with E-state index in [1.54, 1.807) is 0 Å². The van der Waals surface area contributed by atoms with Crippen molar-refractivity contribution in [2.24, 2.45) is 0 Å². The average molecular weight is 427 g/mol. The van der Waals surface area contributed by atoms with Gasteiger partial charge in [-0.25, -0.2) is 4.98 Å². The van der Waals surface area contributed by atoms with Gasteiger partial charge in [-0.1, -0.05) is 48.0 Å². The molecule has 1 unspecified atom stereocenters. The summed E-state index contributed by atoms with van der Waals surface area (Å²) in [6.45, 7) is 5.50. The van der Waals surface area contributed by atoms with E-state index in [1.165, 1.54) is 11.3 Å². The Bertz CT molecular complexity index is 970. The molecule has 0 bridgehead atoms. The monoisotopic (exact) mass is 426 g/mol. The van der Waals surface area contributed by atoms with Crippen LogP contribution in [0.1, 0.15) is 29.0 Å². The average Bonchev–Trinajstić information content (AvgIpc) is 3.25. The molecule has 1 aliphatic heterocycles. The highest BCUT2D eigenvalue weighted by molar-refractivity contribution is 7.13. The molecule has 5 nitrogen and oxygen atoms in total. The Balaban J connectivity index is 1.35. The topological polar surface area (TPSA) is 48.5 Å². The Morgan fingerprint density at radius 3 is 2.52 bits per heavy atom. The quantitative estimate of drug-likeness (QED) is 0.647. The lowest BCUT2D eigenvalue weighted by molar-refractivity contribution is 0.0935. The van der Waals surface area contributed by atoms with Crippen LogP contribution in [0.25, 0.3) is 0 Å². The van der Waals surface area contributed by atoms with Gasteiger partial charge in [0.2, 0.25) is 0 Å². The zero-order chi connectivity index (χ0) is 20.2. The van der Waals surface area contributed by atoms with E-state index in [9.17, 15) is 4.79 Å². The van der Waals surface area contributed by atoms with Gasteiger partial charge in [0.05, 0.1) is 6.04 Å². The number of hydrogen-bond acceptors (Lipinski definition) is 5. The molecule has 1 aromatic heterocycles. The van der Waals surface area contributed by atoms with Crippen molar-refractivity contribution in [1.82, 2.24) is 10.3 Å². The van der Waals surface area contributed by atoms with Crippen LogP contribution >= 0.6 is 22.9 Å². The van der Waals surface area contributed by atoms with E-state index in [2.05, 4.69) is 26.2 Å². The predicted molar refractivity (Wildman–Crippen MR) is 120 cm³/mol. The number of benzene rings is 2. The number of rotatable bonds is 5. The van der Waals surface area contributed by atoms with Gasteiger partial charge in [0, 0.05) is 42.3 Å². The summed E-state index contributed by atoms with van der Waals surface area (Å²) in [6.07, 6.45) is 0. The maximum Gasteiger partial charge on any atom is 0.271 e. The van der Waals surface area contributed by atoms with Crippen LogP contribution in [-0.2, 0) is 0 Å². The van der Waals surface area contributed by atoms with Crippen molar-refractivity contribution in [3.05, 3.63) is 76.3 Å². The number of carbonyl (C=O) groups is 1. The summed E-state index contributed by atoms with van der Waals surface area (Å²) in [5, 5.41) is 6.52. The first kappa shape index (κ1) is 19.7. The lowest BCUT2D eigenvalue weighted by Gasteiger charge is -2.36. The first-order valence-electron chi connectivity index (χ1n) is 9.67. The molecule has 0 saturated carbocycles. The van der Waals surface area contributed by atoms with E-state index >= 15 is 0 Å². The molecule has 4 rings (SSSR count). The molecule has 1 N–H and O–H groups in total. The number of aromatic nitrogens is 1. The van der Waals surface area contributed by atoms with Crippen LogP contribution in [0, 0.1) is 0 Å². The highest BCUT2D eigenvalue weighted by Crippen LogP contribution is 2.25. The van der Waals surface area contributed by atoms with Crippen LogP contribution in [0.4, 0.5) is 10.8 Å². The van der Waals surface area contributed by atoms with E-state index in [0.717, 1.165) is 47.6 Å². The molecule has 7 heteroatoms. The summed E-state index contributed by atoms with van der Waals surface area (Å²) < 4.78 is 0. The van der Waals surface area contributed by atoms with Gasteiger partial charge < -0.3 is 15.1 Å². The fourth-order valence-electron chi connectivity index (χ4n) is 3.44. The Kier molecular flexibility index (Phi) is 6.02. The fourth-order valence-corrected chi connectivity index (χ4v) is 4.48. The Hall–Kier alpha value is -2.57. The van der Waals surface area contributed by atoms with E-state index in [-0.39, 0.29) is 11.9 Å². The third-order valence-electron chi connectivity index (χ3n) is 5.10. The van der Waals surface area contributed by atoms with Gasteiger partial charge in [0.15, 0.2) is 5.13 Å². The number of carbonyl (C=O) groups excluding carboxylic acids is 1. The molecule has 150 valence electrons. The minimum atomic E-state index is -0.138. The molecule has 0 radical (unpaired) electrons. The second-order valence-electron chi connectivity index (χ2n) is 7.08. The van der Waals surface area contributed by atoms with Gasteiger partial charge in [-0.3, -0.25) is 4.79 Å². The first-order chi connectivity index (χ1) is 14.1. The standard InChI is InChI=1S/C22H23ClN4OS/c1-16(17-6-3-2-4-7-17)24-21(28)20-15-29-22(25-20)27-12-10-26(11-13-27)19-9-5-8-18(23)14-19/h2-9,14-16H,10-13H2,1H3,(H,24,28). The van der Waals surface area contributed by atoms with Gasteiger partial charge in [-0.05, 0) is 30.7 Å². The highest BCUT2D eigenvalue weighted by atomic mass is 35.5. The van der Waals surface area contributed by atoms with Crippen LogP contribution < -0.4 is 15.1 Å². The molecule has 3 aromatic rings. The van der Waals surface area contributed by atoms with E-state index in [0.29, 0.717) is 5.69 Å². The van der Waals surface area contributed by atoms with Crippen LogP contribution in [0.15, 0.2) is 60.0 Å². The smallest absolute Gasteiger partial charge is 0.271 e. The highest BCUT2D eigenvalue weighted by Gasteiger charge is 2.21. The SMILES string of the molecule is CC(NC(=O)c1csc(N2CCN(c3cccc(Cl)c3)CC2)n1)c1ccccc1. The molecular weight excluding hydrogens is 404 g/mol. The van der Waals surface area contributed by atoms with E-state index in [1.807, 2.05) is 60.8 Å². The molecule has 0 aliphatic carbocycles. The molecule has 29 heavy (non-hydrogen) atoms. The van der Waals surface area contributed by atoms with Gasteiger partial charge in [-0.2, -0.15) is 0 Å². The van der Waals surface area contributed by atoms with Crippen molar-refractivity contribution in [2.75, 3.05) is 36.0 Å². The summed E-state index contributed by atoms with van der Waals surface area (Å²) in [6, 6.07) is 17.8. The van der Waals surface area contributed by atoms with Crippen molar-refractivity contribution in [2.45, 2.75) is 13.0 Å². The minimum Gasteiger partial charge on any atom is -0.368 e. The zero-order valence-corrected chi connectivity index (χ0v) is 17.8. The summed E-state index contributed by atoms with van der Waals surface area (Å²) in [5.41, 5.74) is 2.70. The molecule has 2 aromatic carbocycles. The predicted octanol–water partition coefficient (Wildman–Crippen LogP) is 4.61. The molecule has 1 atom stereocenters. The summed E-state index contributed by atoms with van der Waals surface area (Å²) in [7, 11) is 0. The van der Waals surface area contributed by atoms with Gasteiger partial charge in [0.1, 0.15) is 5.69 Å². The minimum absolute atomic E-state index is 0.0601. The van der Waals surface area contributed by atoms with Gasteiger partial charge in [-0.15, -0.1) is 11.3 Å². The van der Waals surface area contributed by atoms with Crippen molar-refractivity contribution < 1.29 is 4.79 Å². The molecule has 1 saturated heterocycles. The molecular formula is C22H23ClN4OS. The van der Waals surface area contributed by atoms with Gasteiger partial charge in [0.25, 0.3) is 5.91 Å². The third-order valence-corrected chi connectivity index (χ3v) is 6.23. The summed E-state index contributed by atoms with van der Waals surface area (Å²) >= 11 is 7.63. The van der Waals surface area contributed by atoms with Crippen LogP contribution in [0.3, 0.4) is 0 Å². The number of thiazole rings is 1. The van der Waals surface area contributed by atoms with Gasteiger partial charge >= 0.3 is 0 Å². The summed E-state index contributed by atoms with van der Waals surface area (Å²) in [5.74, 6) is -0.138. The largest absolute Gasteiger partial charge is 0.368 e. The zero-order valence-electron chi connectivity index (χ0n) is 16.2. The molecule has 1 aliphatic rings. The van der Waals surface area contributed by atoms with Crippen molar-refractivity contribution in [3.63, 3.8) is 0 Å². The lowest BCUT2D eigenvalue weighted by Crippen LogP contribution is -2.46. The molecule has 1 fully saturated rings. The van der Waals surface area contributed by atoms with Crippen LogP contribution in [0.5, 0.6) is 0 Å². The Morgan fingerprint density at radius 2 is 1.79 bits per heavy atom. The number of nitrogens with zero attached hydrogens (tertiary/aromatic N) is 3. The second-order valence-corrected chi connectivity index (χ2v) is 8.35. The van der Waals surface area contributed by atoms with Crippen molar-refractivity contribution >= 4 is 39.7 Å². The molecule has 0 spiro atoms. The van der Waals surface area contributed by atoms with E-state index < -0.39 is 0 Å². The molecule has 2 heterocycles. The Labute approximate surface area is 179 Å².